The van der Waals surface area contributed by atoms with Crippen LogP contribution >= 0.6 is 0 Å². The van der Waals surface area contributed by atoms with Gasteiger partial charge in [0, 0.05) is 6.07 Å². The molecule has 0 bridgehead atoms. The Balaban J connectivity index is 3.08. The Kier molecular flexibility index (Phi) is 7.28. The summed E-state index contributed by atoms with van der Waals surface area (Å²) in [5.41, 5.74) is 0.185. The third-order valence-corrected chi connectivity index (χ3v) is 3.12. The zero-order chi connectivity index (χ0) is 19.1. The smallest absolute Gasteiger partial charge is 0.301 e. The van der Waals surface area contributed by atoms with E-state index in [0.717, 1.165) is 12.1 Å². The number of nitrogens with one attached hydrogen (secondary N) is 1. The van der Waals surface area contributed by atoms with E-state index in [1.165, 1.54) is 0 Å². The molecule has 0 unspecified atom stereocenters. The Morgan fingerprint density at radius 3 is 2.28 bits per heavy atom. The van der Waals surface area contributed by atoms with Crippen molar-refractivity contribution in [3.63, 3.8) is 0 Å². The van der Waals surface area contributed by atoms with Gasteiger partial charge in [-0.3, -0.25) is 25.7 Å². The first-order valence-corrected chi connectivity index (χ1v) is 6.74. The summed E-state index contributed by atoms with van der Waals surface area (Å²) < 4.78 is 0. The van der Waals surface area contributed by atoms with Crippen molar-refractivity contribution in [3.05, 3.63) is 38.4 Å². The van der Waals surface area contributed by atoms with E-state index in [0.29, 0.717) is 6.07 Å². The maximum absolute atomic E-state index is 11.0. The fraction of sp³-hybridized carbons (Fsp3) is 0.417. The normalized spacial score (nSPS) is 15.3. The zero-order valence-electron chi connectivity index (χ0n) is 12.6. The molecule has 0 radical (unpaired) electrons. The van der Waals surface area contributed by atoms with Crippen LogP contribution in [0.3, 0.4) is 0 Å². The van der Waals surface area contributed by atoms with E-state index in [1.807, 2.05) is 0 Å². The van der Waals surface area contributed by atoms with Crippen molar-refractivity contribution in [2.75, 3.05) is 18.6 Å². The maximum atomic E-state index is 11.0. The van der Waals surface area contributed by atoms with Gasteiger partial charge in [0.15, 0.2) is 0 Å². The number of hydrazone groups is 1. The van der Waals surface area contributed by atoms with Crippen LogP contribution in [0, 0.1) is 20.2 Å². The molecule has 0 fully saturated rings. The molecule has 0 aliphatic carbocycles. The molecule has 0 heterocycles. The van der Waals surface area contributed by atoms with E-state index in [9.17, 15) is 35.5 Å². The van der Waals surface area contributed by atoms with Crippen molar-refractivity contribution in [1.82, 2.24) is 0 Å². The summed E-state index contributed by atoms with van der Waals surface area (Å²) in [6.45, 7) is -1.75. The van der Waals surface area contributed by atoms with E-state index in [1.54, 1.807) is 0 Å². The summed E-state index contributed by atoms with van der Waals surface area (Å²) in [5.74, 6) is 0. The standard InChI is InChI=1S/C12H16N4O9/c17-4-8(11(20)12(21)10(19)5-18)14-13-7-2-1-6(15(22)23)3-9(7)16(24)25/h1-3,10-13,17-21H,4-5H2/b14-8+/t10-,11-,12-/m1/s1. The molecule has 13 heteroatoms. The highest BCUT2D eigenvalue weighted by Crippen LogP contribution is 2.28. The predicted molar refractivity (Wildman–Crippen MR) is 83.0 cm³/mol. The highest BCUT2D eigenvalue weighted by molar-refractivity contribution is 5.91. The van der Waals surface area contributed by atoms with E-state index < -0.39 is 58.5 Å². The first-order valence-electron chi connectivity index (χ1n) is 6.74. The average molecular weight is 360 g/mol. The quantitative estimate of drug-likeness (QED) is 0.167. The lowest BCUT2D eigenvalue weighted by Gasteiger charge is -2.22. The van der Waals surface area contributed by atoms with Gasteiger partial charge in [0.05, 0.1) is 34.8 Å². The summed E-state index contributed by atoms with van der Waals surface area (Å²) >= 11 is 0. The van der Waals surface area contributed by atoms with Gasteiger partial charge in [0.2, 0.25) is 0 Å². The highest BCUT2D eigenvalue weighted by atomic mass is 16.6. The summed E-state index contributed by atoms with van der Waals surface area (Å²) in [4.78, 5) is 19.9. The first kappa shape index (κ1) is 20.3. The van der Waals surface area contributed by atoms with Gasteiger partial charge in [0.1, 0.15) is 24.0 Å². The minimum atomic E-state index is -1.88. The highest BCUT2D eigenvalue weighted by Gasteiger charge is 2.28. The Labute approximate surface area is 139 Å². The number of aliphatic hydroxyl groups excluding tert-OH is 5. The van der Waals surface area contributed by atoms with Crippen molar-refractivity contribution >= 4 is 22.8 Å². The van der Waals surface area contributed by atoms with Crippen LogP contribution in [-0.4, -0.2) is 72.6 Å². The van der Waals surface area contributed by atoms with Crippen LogP contribution in [0.2, 0.25) is 0 Å². The van der Waals surface area contributed by atoms with Crippen LogP contribution in [0.25, 0.3) is 0 Å². The minimum absolute atomic E-state index is 0.272. The number of nitro benzene ring substituents is 2. The topological polar surface area (TPSA) is 212 Å². The molecule has 1 aromatic rings. The Morgan fingerprint density at radius 2 is 1.80 bits per heavy atom. The second-order valence-electron chi connectivity index (χ2n) is 4.77. The molecule has 1 aromatic carbocycles. The summed E-state index contributed by atoms with van der Waals surface area (Å²) in [7, 11) is 0. The number of anilines is 1. The molecule has 0 aliphatic heterocycles. The molecule has 0 amide bonds. The first-order chi connectivity index (χ1) is 11.7. The number of nitro groups is 2. The molecule has 0 aromatic heterocycles. The number of hydrogen-bond donors (Lipinski definition) is 6. The van der Waals surface area contributed by atoms with Gasteiger partial charge in [-0.15, -0.1) is 0 Å². The molecule has 0 saturated carbocycles. The van der Waals surface area contributed by atoms with Crippen LogP contribution in [0.15, 0.2) is 23.3 Å². The second kappa shape index (κ2) is 8.95. The summed E-state index contributed by atoms with van der Waals surface area (Å²) in [6, 6.07) is 2.67. The number of non-ortho nitro benzene ring substituents is 1. The molecule has 25 heavy (non-hydrogen) atoms. The molecule has 3 atom stereocenters. The van der Waals surface area contributed by atoms with Crippen molar-refractivity contribution < 1.29 is 35.4 Å². The predicted octanol–water partition coefficient (Wildman–Crippen LogP) is -1.66. The van der Waals surface area contributed by atoms with Crippen LogP contribution in [0.5, 0.6) is 0 Å². The lowest BCUT2D eigenvalue weighted by Crippen LogP contribution is -2.45. The SMILES string of the molecule is O=[N+]([O-])c1ccc(N/N=C(\CO)[C@@H](O)[C@H](O)[C@H](O)CO)c([N+](=O)[O-])c1. The van der Waals surface area contributed by atoms with Gasteiger partial charge in [0.25, 0.3) is 5.69 Å². The fourth-order valence-corrected chi connectivity index (χ4v) is 1.72. The second-order valence-corrected chi connectivity index (χ2v) is 4.77. The Morgan fingerprint density at radius 1 is 1.16 bits per heavy atom. The van der Waals surface area contributed by atoms with E-state index >= 15 is 0 Å². The number of hydrogen-bond acceptors (Lipinski definition) is 11. The number of nitrogens with zero attached hydrogens (tertiary/aromatic N) is 3. The van der Waals surface area contributed by atoms with Gasteiger partial charge in [-0.05, 0) is 6.07 Å². The van der Waals surface area contributed by atoms with Crippen molar-refractivity contribution in [2.45, 2.75) is 18.3 Å². The van der Waals surface area contributed by atoms with E-state index in [2.05, 4.69) is 10.5 Å². The van der Waals surface area contributed by atoms with Crippen LogP contribution < -0.4 is 5.43 Å². The third-order valence-electron chi connectivity index (χ3n) is 3.12. The minimum Gasteiger partial charge on any atom is -0.394 e. The number of benzene rings is 1. The van der Waals surface area contributed by atoms with Crippen molar-refractivity contribution in [1.29, 1.82) is 0 Å². The van der Waals surface area contributed by atoms with Crippen LogP contribution in [-0.2, 0) is 0 Å². The van der Waals surface area contributed by atoms with Crippen LogP contribution in [0.4, 0.5) is 17.1 Å². The third kappa shape index (κ3) is 5.13. The Hall–Kier alpha value is -2.71. The molecular formula is C12H16N4O9. The zero-order valence-corrected chi connectivity index (χ0v) is 12.6. The molecule has 13 nitrogen and oxygen atoms in total. The van der Waals surface area contributed by atoms with E-state index in [4.69, 9.17) is 10.2 Å². The molecule has 6 N–H and O–H groups in total. The van der Waals surface area contributed by atoms with Gasteiger partial charge < -0.3 is 25.5 Å². The molecular weight excluding hydrogens is 344 g/mol. The van der Waals surface area contributed by atoms with Gasteiger partial charge in [-0.25, -0.2) is 0 Å². The largest absolute Gasteiger partial charge is 0.394 e. The summed E-state index contributed by atoms with van der Waals surface area (Å²) in [5, 5.41) is 71.6. The fourth-order valence-electron chi connectivity index (χ4n) is 1.72. The molecule has 0 aliphatic rings. The van der Waals surface area contributed by atoms with Gasteiger partial charge >= 0.3 is 5.69 Å². The Bertz CT molecular complexity index is 666. The van der Waals surface area contributed by atoms with Crippen molar-refractivity contribution in [2.24, 2.45) is 5.10 Å². The molecule has 138 valence electrons. The molecule has 0 saturated heterocycles. The average Bonchev–Trinajstić information content (AvgIpc) is 2.60. The lowest BCUT2D eigenvalue weighted by molar-refractivity contribution is -0.393. The molecule has 1 rings (SSSR count). The summed E-state index contributed by atoms with van der Waals surface area (Å²) in [6.07, 6.45) is -5.46. The monoisotopic (exact) mass is 360 g/mol. The lowest BCUT2D eigenvalue weighted by atomic mass is 10.0. The van der Waals surface area contributed by atoms with E-state index in [-0.39, 0.29) is 5.69 Å². The van der Waals surface area contributed by atoms with Gasteiger partial charge in [-0.1, -0.05) is 0 Å². The van der Waals surface area contributed by atoms with Crippen molar-refractivity contribution in [3.8, 4) is 0 Å². The maximum Gasteiger partial charge on any atom is 0.301 e. The van der Waals surface area contributed by atoms with Gasteiger partial charge in [-0.2, -0.15) is 5.10 Å². The molecule has 0 spiro atoms. The number of rotatable bonds is 9. The van der Waals surface area contributed by atoms with Crippen LogP contribution in [0.1, 0.15) is 0 Å². The number of aliphatic hydroxyl groups is 5.